The lowest BCUT2D eigenvalue weighted by Crippen LogP contribution is -2.02. The first kappa shape index (κ1) is 7.84. The summed E-state index contributed by atoms with van der Waals surface area (Å²) in [5.74, 6) is 1.75. The minimum atomic E-state index is 0.873. The topological polar surface area (TPSA) is 0 Å². The van der Waals surface area contributed by atoms with Gasteiger partial charge in [-0.15, -0.1) is 0 Å². The quantitative estimate of drug-likeness (QED) is 0.489. The molecule has 0 saturated heterocycles. The number of hydrogen-bond donors (Lipinski definition) is 0. The number of hydrogen-bond acceptors (Lipinski definition) is 0. The van der Waals surface area contributed by atoms with Crippen LogP contribution in [0, 0.1) is 11.8 Å². The zero-order chi connectivity index (χ0) is 8.67. The molecule has 70 valence electrons. The van der Waals surface area contributed by atoms with Gasteiger partial charge in [-0.1, -0.05) is 36.1 Å². The molecular formula is C13H18. The Balaban J connectivity index is 1.89. The molecule has 3 aliphatic carbocycles. The van der Waals surface area contributed by atoms with Crippen LogP contribution < -0.4 is 0 Å². The number of fused-ring (bicyclic) bond motifs is 4. The van der Waals surface area contributed by atoms with Crippen molar-refractivity contribution in [2.24, 2.45) is 11.8 Å². The molecule has 0 heterocycles. The van der Waals surface area contributed by atoms with Crippen molar-refractivity contribution in [1.82, 2.24) is 0 Å². The molecule has 0 nitrogen and oxygen atoms in total. The molecule has 2 atom stereocenters. The van der Waals surface area contributed by atoms with E-state index in [1.165, 1.54) is 44.9 Å². The van der Waals surface area contributed by atoms with Crippen LogP contribution in [0.4, 0.5) is 0 Å². The van der Waals surface area contributed by atoms with Gasteiger partial charge in [0.25, 0.3) is 0 Å². The highest BCUT2D eigenvalue weighted by Crippen LogP contribution is 2.48. The van der Waals surface area contributed by atoms with E-state index in [4.69, 9.17) is 0 Å². The molecular weight excluding hydrogens is 156 g/mol. The van der Waals surface area contributed by atoms with Crippen LogP contribution in [0.1, 0.15) is 44.9 Å². The lowest BCUT2D eigenvalue weighted by atomic mass is 9.87. The fourth-order valence-corrected chi connectivity index (χ4v) is 3.37. The minimum Gasteiger partial charge on any atom is -0.0807 e. The van der Waals surface area contributed by atoms with E-state index >= 15 is 0 Å². The second-order valence-electron chi connectivity index (χ2n) is 4.80. The summed E-state index contributed by atoms with van der Waals surface area (Å²) in [6.07, 6.45) is 15.0. The highest BCUT2D eigenvalue weighted by atomic mass is 14.4. The van der Waals surface area contributed by atoms with Crippen molar-refractivity contribution in [2.75, 3.05) is 0 Å². The molecule has 3 aliphatic rings. The summed E-state index contributed by atoms with van der Waals surface area (Å²) in [7, 11) is 0. The third-order valence-electron chi connectivity index (χ3n) is 4.03. The van der Waals surface area contributed by atoms with Crippen LogP contribution in [0.5, 0.6) is 0 Å². The van der Waals surface area contributed by atoms with Crippen LogP contribution in [-0.2, 0) is 0 Å². The molecule has 0 N–H and O–H groups in total. The summed E-state index contributed by atoms with van der Waals surface area (Å²) in [5, 5.41) is 0. The maximum Gasteiger partial charge on any atom is -0.00115 e. The van der Waals surface area contributed by atoms with Gasteiger partial charge in [-0.3, -0.25) is 0 Å². The average Bonchev–Trinajstić information content (AvgIpc) is 2.62. The first-order chi connectivity index (χ1) is 6.45. The number of allylic oxidation sites excluding steroid dienone is 4. The summed E-state index contributed by atoms with van der Waals surface area (Å²) in [4.78, 5) is 0. The Labute approximate surface area is 80.7 Å². The van der Waals surface area contributed by atoms with Crippen molar-refractivity contribution in [3.05, 3.63) is 23.3 Å². The molecule has 0 fully saturated rings. The highest BCUT2D eigenvalue weighted by molar-refractivity contribution is 5.37. The minimum absolute atomic E-state index is 0.873. The van der Waals surface area contributed by atoms with Gasteiger partial charge in [0.05, 0.1) is 0 Å². The van der Waals surface area contributed by atoms with Gasteiger partial charge >= 0.3 is 0 Å². The van der Waals surface area contributed by atoms with Gasteiger partial charge in [0.1, 0.15) is 0 Å². The predicted octanol–water partition coefficient (Wildman–Crippen LogP) is 3.84. The van der Waals surface area contributed by atoms with Crippen LogP contribution >= 0.6 is 0 Å². The van der Waals surface area contributed by atoms with Crippen LogP contribution in [0.3, 0.4) is 0 Å². The van der Waals surface area contributed by atoms with Crippen molar-refractivity contribution in [3.8, 4) is 0 Å². The maximum atomic E-state index is 2.46. The van der Waals surface area contributed by atoms with E-state index in [0.29, 0.717) is 0 Å². The Bertz CT molecular complexity index is 244. The lowest BCUT2D eigenvalue weighted by Gasteiger charge is -2.19. The van der Waals surface area contributed by atoms with Crippen molar-refractivity contribution in [3.63, 3.8) is 0 Å². The van der Waals surface area contributed by atoms with E-state index in [0.717, 1.165) is 11.8 Å². The van der Waals surface area contributed by atoms with Crippen molar-refractivity contribution in [1.29, 1.82) is 0 Å². The van der Waals surface area contributed by atoms with E-state index in [-0.39, 0.29) is 0 Å². The van der Waals surface area contributed by atoms with Crippen LogP contribution in [-0.4, -0.2) is 0 Å². The SMILES string of the molecule is C1=CC2CC1C1=C2CCCCCC1. The first-order valence-electron chi connectivity index (χ1n) is 5.85. The molecule has 0 aliphatic heterocycles. The number of rotatable bonds is 0. The Hall–Kier alpha value is -0.520. The van der Waals surface area contributed by atoms with Crippen LogP contribution in [0.25, 0.3) is 0 Å². The van der Waals surface area contributed by atoms with Gasteiger partial charge in [0, 0.05) is 0 Å². The van der Waals surface area contributed by atoms with Crippen molar-refractivity contribution < 1.29 is 0 Å². The molecule has 0 aromatic heterocycles. The summed E-state index contributed by atoms with van der Waals surface area (Å²) in [5.41, 5.74) is 3.71. The smallest absolute Gasteiger partial charge is 0.00115 e. The van der Waals surface area contributed by atoms with E-state index in [1.807, 2.05) is 11.1 Å². The molecule has 0 saturated carbocycles. The van der Waals surface area contributed by atoms with E-state index in [9.17, 15) is 0 Å². The van der Waals surface area contributed by atoms with E-state index in [1.54, 1.807) is 0 Å². The Morgan fingerprint density at radius 3 is 1.85 bits per heavy atom. The third-order valence-corrected chi connectivity index (χ3v) is 4.03. The van der Waals surface area contributed by atoms with Gasteiger partial charge in [-0.25, -0.2) is 0 Å². The predicted molar refractivity (Wildman–Crippen MR) is 55.5 cm³/mol. The second kappa shape index (κ2) is 3.01. The second-order valence-corrected chi connectivity index (χ2v) is 4.80. The van der Waals surface area contributed by atoms with Gasteiger partial charge in [0.2, 0.25) is 0 Å². The molecule has 0 amide bonds. The molecule has 0 radical (unpaired) electrons. The first-order valence-corrected chi connectivity index (χ1v) is 5.85. The van der Waals surface area contributed by atoms with Gasteiger partial charge < -0.3 is 0 Å². The molecule has 0 aromatic carbocycles. The third kappa shape index (κ3) is 1.19. The van der Waals surface area contributed by atoms with Crippen molar-refractivity contribution in [2.45, 2.75) is 44.9 Å². The fourth-order valence-electron chi connectivity index (χ4n) is 3.37. The summed E-state index contributed by atoms with van der Waals surface area (Å²) >= 11 is 0. The van der Waals surface area contributed by atoms with E-state index in [2.05, 4.69) is 12.2 Å². The average molecular weight is 174 g/mol. The zero-order valence-electron chi connectivity index (χ0n) is 8.26. The van der Waals surface area contributed by atoms with Gasteiger partial charge in [-0.2, -0.15) is 0 Å². The Morgan fingerprint density at radius 2 is 1.31 bits per heavy atom. The van der Waals surface area contributed by atoms with Gasteiger partial charge in [-0.05, 0) is 43.9 Å². The van der Waals surface area contributed by atoms with Crippen LogP contribution in [0.15, 0.2) is 23.3 Å². The zero-order valence-corrected chi connectivity index (χ0v) is 8.26. The monoisotopic (exact) mass is 174 g/mol. The normalized spacial score (nSPS) is 37.5. The molecule has 3 rings (SSSR count). The van der Waals surface area contributed by atoms with Crippen LogP contribution in [0.2, 0.25) is 0 Å². The molecule has 0 spiro atoms. The van der Waals surface area contributed by atoms with Crippen molar-refractivity contribution >= 4 is 0 Å². The molecule has 13 heavy (non-hydrogen) atoms. The Morgan fingerprint density at radius 1 is 0.769 bits per heavy atom. The lowest BCUT2D eigenvalue weighted by molar-refractivity contribution is 0.595. The summed E-state index contributed by atoms with van der Waals surface area (Å²) in [6, 6.07) is 0. The van der Waals surface area contributed by atoms with E-state index < -0.39 is 0 Å². The molecule has 2 unspecified atom stereocenters. The molecule has 0 aromatic rings. The summed E-state index contributed by atoms with van der Waals surface area (Å²) < 4.78 is 0. The molecule has 2 bridgehead atoms. The summed E-state index contributed by atoms with van der Waals surface area (Å²) in [6.45, 7) is 0. The van der Waals surface area contributed by atoms with Gasteiger partial charge in [0.15, 0.2) is 0 Å². The largest absolute Gasteiger partial charge is 0.0807 e. The molecule has 0 heteroatoms. The standard InChI is InChI=1S/C13H18/c1-2-4-6-13-11-8-7-10(9-11)12(13)5-3-1/h7-8,10-11H,1-6,9H2. The Kier molecular flexibility index (Phi) is 1.81. The maximum absolute atomic E-state index is 2.46. The fraction of sp³-hybridized carbons (Fsp3) is 0.692. The highest BCUT2D eigenvalue weighted by Gasteiger charge is 2.34.